The molecular weight excluding hydrogens is 403 g/mol. The lowest BCUT2D eigenvalue weighted by Gasteiger charge is -2.12. The maximum absolute atomic E-state index is 13.6. The number of nitriles is 1. The molecule has 0 saturated carbocycles. The standard InChI is InChI=1S/C24H18F3N3O/c1-14-18(4-3-5-22(14)29)20-13-30(16-6-8-17(31-2)9-7-16)23-11-21(24(25,26)27)15(12-28)10-19(20)23/h3-11,13H,29H2,1-2H3. The highest BCUT2D eigenvalue weighted by molar-refractivity contribution is 5.99. The summed E-state index contributed by atoms with van der Waals surface area (Å²) in [5.41, 5.74) is 8.57. The van der Waals surface area contributed by atoms with Crippen LogP contribution in [-0.2, 0) is 6.18 Å². The monoisotopic (exact) mass is 421 g/mol. The van der Waals surface area contributed by atoms with Gasteiger partial charge in [-0.3, -0.25) is 0 Å². The van der Waals surface area contributed by atoms with Crippen molar-refractivity contribution in [2.45, 2.75) is 13.1 Å². The van der Waals surface area contributed by atoms with Crippen molar-refractivity contribution in [3.05, 3.63) is 77.5 Å². The van der Waals surface area contributed by atoms with E-state index in [0.29, 0.717) is 33.6 Å². The van der Waals surface area contributed by atoms with Crippen molar-refractivity contribution in [1.82, 2.24) is 4.57 Å². The third-order valence-electron chi connectivity index (χ3n) is 5.39. The fourth-order valence-corrected chi connectivity index (χ4v) is 3.71. The van der Waals surface area contributed by atoms with E-state index in [4.69, 9.17) is 10.5 Å². The maximum Gasteiger partial charge on any atom is 0.417 e. The van der Waals surface area contributed by atoms with Gasteiger partial charge < -0.3 is 15.0 Å². The predicted octanol–water partition coefficient (Wildman–Crippen LogP) is 6.09. The highest BCUT2D eigenvalue weighted by Gasteiger charge is 2.34. The molecule has 0 aliphatic rings. The number of nitrogens with zero attached hydrogens (tertiary/aromatic N) is 2. The van der Waals surface area contributed by atoms with Crippen molar-refractivity contribution in [2.75, 3.05) is 12.8 Å². The van der Waals surface area contributed by atoms with Crippen molar-refractivity contribution in [2.24, 2.45) is 0 Å². The predicted molar refractivity (Wildman–Crippen MR) is 114 cm³/mol. The number of halogens is 3. The minimum absolute atomic E-state index is 0.341. The van der Waals surface area contributed by atoms with Gasteiger partial charge in [0.1, 0.15) is 5.75 Å². The minimum Gasteiger partial charge on any atom is -0.497 e. The van der Waals surface area contributed by atoms with E-state index in [1.54, 1.807) is 60.3 Å². The summed E-state index contributed by atoms with van der Waals surface area (Å²) in [5.74, 6) is 0.634. The van der Waals surface area contributed by atoms with Crippen molar-refractivity contribution < 1.29 is 17.9 Å². The number of benzene rings is 3. The Morgan fingerprint density at radius 3 is 2.35 bits per heavy atom. The molecule has 0 bridgehead atoms. The number of nitrogens with two attached hydrogens (primary N) is 1. The summed E-state index contributed by atoms with van der Waals surface area (Å²) < 4.78 is 47.8. The molecule has 0 atom stereocenters. The number of nitrogen functional groups attached to an aromatic ring is 1. The van der Waals surface area contributed by atoms with Gasteiger partial charge >= 0.3 is 6.18 Å². The third-order valence-corrected chi connectivity index (χ3v) is 5.39. The van der Waals surface area contributed by atoms with Crippen LogP contribution in [0.5, 0.6) is 5.75 Å². The molecule has 0 amide bonds. The fraction of sp³-hybridized carbons (Fsp3) is 0.125. The molecule has 31 heavy (non-hydrogen) atoms. The van der Waals surface area contributed by atoms with Crippen LogP contribution in [0.3, 0.4) is 0 Å². The first-order chi connectivity index (χ1) is 14.7. The van der Waals surface area contributed by atoms with Crippen LogP contribution in [-0.4, -0.2) is 11.7 Å². The number of ether oxygens (including phenoxy) is 1. The summed E-state index contributed by atoms with van der Waals surface area (Å²) in [6, 6.07) is 16.5. The van der Waals surface area contributed by atoms with Gasteiger partial charge in [0.15, 0.2) is 0 Å². The number of hydrogen-bond donors (Lipinski definition) is 1. The Morgan fingerprint density at radius 2 is 1.74 bits per heavy atom. The lowest BCUT2D eigenvalue weighted by Crippen LogP contribution is -2.08. The normalized spacial score (nSPS) is 11.5. The number of fused-ring (bicyclic) bond motifs is 1. The average molecular weight is 421 g/mol. The minimum atomic E-state index is -4.65. The van der Waals surface area contributed by atoms with Gasteiger partial charge in [-0.15, -0.1) is 0 Å². The summed E-state index contributed by atoms with van der Waals surface area (Å²) in [5, 5.41) is 9.93. The number of rotatable bonds is 3. The summed E-state index contributed by atoms with van der Waals surface area (Å²) >= 11 is 0. The van der Waals surface area contributed by atoms with E-state index in [1.807, 2.05) is 13.0 Å². The highest BCUT2D eigenvalue weighted by Crippen LogP contribution is 2.40. The molecule has 7 heteroatoms. The first-order valence-electron chi connectivity index (χ1n) is 9.41. The van der Waals surface area contributed by atoms with E-state index in [-0.39, 0.29) is 0 Å². The van der Waals surface area contributed by atoms with Gasteiger partial charge in [-0.05, 0) is 60.5 Å². The van der Waals surface area contributed by atoms with Crippen LogP contribution in [0.1, 0.15) is 16.7 Å². The van der Waals surface area contributed by atoms with Crippen LogP contribution in [0.4, 0.5) is 18.9 Å². The number of anilines is 1. The molecule has 0 unspecified atom stereocenters. The first-order valence-corrected chi connectivity index (χ1v) is 9.41. The Hall–Kier alpha value is -3.92. The number of methoxy groups -OCH3 is 1. The lowest BCUT2D eigenvalue weighted by molar-refractivity contribution is -0.137. The molecule has 0 aliphatic carbocycles. The molecule has 0 fully saturated rings. The summed E-state index contributed by atoms with van der Waals surface area (Å²) in [7, 11) is 1.54. The molecule has 1 aromatic heterocycles. The molecule has 4 aromatic rings. The Balaban J connectivity index is 2.09. The summed E-state index contributed by atoms with van der Waals surface area (Å²) in [6.45, 7) is 1.86. The summed E-state index contributed by atoms with van der Waals surface area (Å²) in [4.78, 5) is 0. The van der Waals surface area contributed by atoms with Crippen molar-refractivity contribution in [3.63, 3.8) is 0 Å². The topological polar surface area (TPSA) is 64.0 Å². The van der Waals surface area contributed by atoms with Crippen LogP contribution in [0, 0.1) is 18.3 Å². The van der Waals surface area contributed by atoms with Gasteiger partial charge in [0, 0.05) is 28.5 Å². The zero-order valence-electron chi connectivity index (χ0n) is 16.8. The van der Waals surface area contributed by atoms with Crippen molar-refractivity contribution >= 4 is 16.6 Å². The second-order valence-electron chi connectivity index (χ2n) is 7.16. The molecule has 4 rings (SSSR count). The quantitative estimate of drug-likeness (QED) is 0.407. The van der Waals surface area contributed by atoms with Crippen LogP contribution in [0.15, 0.2) is 60.8 Å². The third kappa shape index (κ3) is 3.46. The maximum atomic E-state index is 13.6. The average Bonchev–Trinajstić information content (AvgIpc) is 3.12. The van der Waals surface area contributed by atoms with Crippen LogP contribution < -0.4 is 10.5 Å². The second-order valence-corrected chi connectivity index (χ2v) is 7.16. The van der Waals surface area contributed by atoms with Gasteiger partial charge in [0.25, 0.3) is 0 Å². The molecule has 1 heterocycles. The molecule has 4 nitrogen and oxygen atoms in total. The van der Waals surface area contributed by atoms with Crippen molar-refractivity contribution in [3.8, 4) is 28.6 Å². The molecule has 0 saturated heterocycles. The number of alkyl halides is 3. The summed E-state index contributed by atoms with van der Waals surface area (Å²) in [6.07, 6.45) is -2.88. The smallest absolute Gasteiger partial charge is 0.417 e. The van der Waals surface area contributed by atoms with E-state index in [0.717, 1.165) is 17.2 Å². The molecule has 156 valence electrons. The van der Waals surface area contributed by atoms with Gasteiger partial charge in [0.2, 0.25) is 0 Å². The van der Waals surface area contributed by atoms with E-state index in [1.165, 1.54) is 6.07 Å². The molecule has 0 radical (unpaired) electrons. The van der Waals surface area contributed by atoms with E-state index >= 15 is 0 Å². The Kier molecular flexibility index (Phi) is 4.86. The number of hydrogen-bond acceptors (Lipinski definition) is 3. The van der Waals surface area contributed by atoms with Gasteiger partial charge in [-0.1, -0.05) is 12.1 Å². The van der Waals surface area contributed by atoms with Crippen LogP contribution in [0.25, 0.3) is 27.7 Å². The second kappa shape index (κ2) is 7.40. The van der Waals surface area contributed by atoms with E-state index in [9.17, 15) is 18.4 Å². The highest BCUT2D eigenvalue weighted by atomic mass is 19.4. The fourth-order valence-electron chi connectivity index (χ4n) is 3.71. The van der Waals surface area contributed by atoms with Gasteiger partial charge in [0.05, 0.1) is 29.8 Å². The van der Waals surface area contributed by atoms with Crippen LogP contribution >= 0.6 is 0 Å². The van der Waals surface area contributed by atoms with E-state index in [2.05, 4.69) is 0 Å². The Labute approximate surface area is 176 Å². The van der Waals surface area contributed by atoms with Crippen LogP contribution in [0.2, 0.25) is 0 Å². The zero-order valence-corrected chi connectivity index (χ0v) is 16.8. The van der Waals surface area contributed by atoms with Gasteiger partial charge in [-0.2, -0.15) is 18.4 Å². The Morgan fingerprint density at radius 1 is 1.03 bits per heavy atom. The molecule has 0 spiro atoms. The SMILES string of the molecule is COc1ccc(-n2cc(-c3cccc(N)c3C)c3cc(C#N)c(C(F)(F)F)cc32)cc1. The van der Waals surface area contributed by atoms with Crippen molar-refractivity contribution in [1.29, 1.82) is 5.26 Å². The largest absolute Gasteiger partial charge is 0.497 e. The Bertz CT molecular complexity index is 1330. The number of aromatic nitrogens is 1. The molecule has 3 aromatic carbocycles. The zero-order chi connectivity index (χ0) is 22.3. The molecular formula is C24H18F3N3O. The molecule has 0 aliphatic heterocycles. The van der Waals surface area contributed by atoms with Gasteiger partial charge in [-0.25, -0.2) is 0 Å². The van der Waals surface area contributed by atoms with E-state index < -0.39 is 17.3 Å². The first kappa shape index (κ1) is 20.4. The molecule has 2 N–H and O–H groups in total. The lowest BCUT2D eigenvalue weighted by atomic mass is 9.96.